The summed E-state index contributed by atoms with van der Waals surface area (Å²) in [5, 5.41) is 93.3. The molecule has 2 fully saturated rings. The molecule has 1 aromatic heterocycles. The molecule has 5 rings (SSSR count). The summed E-state index contributed by atoms with van der Waals surface area (Å²) in [6.45, 7) is -0.298. The number of fused-ring (bicyclic) bond motifs is 1. The smallest absolute Gasteiger partial charge is 0.302 e. The zero-order valence-corrected chi connectivity index (χ0v) is 23.9. The Morgan fingerprint density at radius 1 is 0.848 bits per heavy atom. The molecule has 46 heavy (non-hydrogen) atoms. The van der Waals surface area contributed by atoms with Crippen molar-refractivity contribution < 1.29 is 78.9 Å². The number of ether oxygens (including phenoxy) is 5. The summed E-state index contributed by atoms with van der Waals surface area (Å²) in [6, 6.07) is 7.43. The van der Waals surface area contributed by atoms with Crippen LogP contribution in [0.2, 0.25) is 0 Å². The van der Waals surface area contributed by atoms with E-state index in [-0.39, 0.29) is 11.5 Å². The number of benzene rings is 2. The summed E-state index contributed by atoms with van der Waals surface area (Å²) >= 11 is 0. The van der Waals surface area contributed by atoms with Gasteiger partial charge in [0.25, 0.3) is 0 Å². The highest BCUT2D eigenvalue weighted by Gasteiger charge is 2.51. The molecule has 2 aliphatic rings. The molecule has 0 saturated carbocycles. The summed E-state index contributed by atoms with van der Waals surface area (Å²) in [5.41, 5.74) is -0.931. The number of aliphatic hydroxyl groups excluding tert-OH is 6. The van der Waals surface area contributed by atoms with Crippen LogP contribution in [0.3, 0.4) is 0 Å². The van der Waals surface area contributed by atoms with E-state index in [0.29, 0.717) is 5.56 Å². The van der Waals surface area contributed by atoms with Crippen LogP contribution in [0.15, 0.2) is 45.6 Å². The number of phenolic OH excluding ortho intramolecular Hbond substituents is 3. The molecule has 17 heteroatoms. The van der Waals surface area contributed by atoms with Gasteiger partial charge in [-0.25, -0.2) is 0 Å². The Morgan fingerprint density at radius 2 is 1.50 bits per heavy atom. The number of carbonyl (C=O) groups excluding carboxylic acids is 1. The quantitative estimate of drug-likeness (QED) is 0.0954. The molecule has 3 heterocycles. The van der Waals surface area contributed by atoms with E-state index in [9.17, 15) is 55.5 Å². The van der Waals surface area contributed by atoms with Crippen molar-refractivity contribution in [1.29, 1.82) is 0 Å². The number of esters is 1. The van der Waals surface area contributed by atoms with Crippen LogP contribution in [-0.2, 0) is 23.7 Å². The fourth-order valence-electron chi connectivity index (χ4n) is 5.08. The third kappa shape index (κ3) is 6.45. The van der Waals surface area contributed by atoms with Crippen molar-refractivity contribution in [1.82, 2.24) is 0 Å². The third-order valence-electron chi connectivity index (χ3n) is 7.55. The van der Waals surface area contributed by atoms with Crippen LogP contribution in [0, 0.1) is 0 Å². The van der Waals surface area contributed by atoms with Crippen LogP contribution in [0.4, 0.5) is 0 Å². The molecular formula is C29H32O17. The van der Waals surface area contributed by atoms with Crippen molar-refractivity contribution in [3.05, 3.63) is 46.6 Å². The molecule has 10 atom stereocenters. The van der Waals surface area contributed by atoms with Crippen LogP contribution in [-0.4, -0.2) is 127 Å². The van der Waals surface area contributed by atoms with E-state index in [0.717, 1.165) is 19.1 Å². The number of rotatable bonds is 8. The maximum atomic E-state index is 12.9. The van der Waals surface area contributed by atoms with E-state index < -0.39 is 114 Å². The number of aromatic hydroxyl groups is 3. The Hall–Kier alpha value is -4.04. The minimum atomic E-state index is -1.95. The van der Waals surface area contributed by atoms with Gasteiger partial charge in [-0.05, 0) is 24.3 Å². The van der Waals surface area contributed by atoms with Crippen molar-refractivity contribution in [2.45, 2.75) is 68.3 Å². The summed E-state index contributed by atoms with van der Waals surface area (Å²) in [7, 11) is 0. The summed E-state index contributed by atoms with van der Waals surface area (Å²) < 4.78 is 33.0. The molecule has 2 aliphatic heterocycles. The lowest BCUT2D eigenvalue weighted by molar-refractivity contribution is -0.358. The topological polar surface area (TPSA) is 275 Å². The van der Waals surface area contributed by atoms with Crippen LogP contribution < -0.4 is 10.2 Å². The van der Waals surface area contributed by atoms with E-state index in [2.05, 4.69) is 0 Å². The fraction of sp³-hybridized carbons (Fsp3) is 0.448. The SMILES string of the molecule is CC(=O)OC[C@H]1O[C@H](O[C@H]2[C@H](Oc3cc(O)c4c(=O)cc(-c5ccc(O)cc5)oc4c3O)O[C@H](CO)[C@@H](O)[C@@H]2O)[C@H](O)[C@H](O)[C@@H]1O. The second kappa shape index (κ2) is 13.4. The van der Waals surface area contributed by atoms with Gasteiger partial charge in [-0.1, -0.05) is 0 Å². The van der Waals surface area contributed by atoms with E-state index in [1.165, 1.54) is 24.3 Å². The van der Waals surface area contributed by atoms with Crippen molar-refractivity contribution in [3.8, 4) is 34.3 Å². The molecule has 17 nitrogen and oxygen atoms in total. The van der Waals surface area contributed by atoms with Crippen molar-refractivity contribution in [2.75, 3.05) is 13.2 Å². The number of hydrogen-bond donors (Lipinski definition) is 9. The van der Waals surface area contributed by atoms with Gasteiger partial charge in [0.1, 0.15) is 72.0 Å². The minimum absolute atomic E-state index is 0.0501. The highest BCUT2D eigenvalue weighted by molar-refractivity contribution is 5.91. The van der Waals surface area contributed by atoms with Gasteiger partial charge < -0.3 is 74.1 Å². The lowest BCUT2D eigenvalue weighted by Gasteiger charge is -2.45. The van der Waals surface area contributed by atoms with Gasteiger partial charge >= 0.3 is 5.97 Å². The van der Waals surface area contributed by atoms with E-state index in [4.69, 9.17) is 28.1 Å². The van der Waals surface area contributed by atoms with Crippen LogP contribution >= 0.6 is 0 Å². The summed E-state index contributed by atoms with van der Waals surface area (Å²) in [4.78, 5) is 24.1. The molecule has 3 aromatic rings. The van der Waals surface area contributed by atoms with Gasteiger partial charge in [-0.3, -0.25) is 9.59 Å². The molecule has 2 saturated heterocycles. The molecule has 250 valence electrons. The van der Waals surface area contributed by atoms with E-state index >= 15 is 0 Å². The highest BCUT2D eigenvalue weighted by Crippen LogP contribution is 2.42. The number of aliphatic hydroxyl groups is 6. The number of phenols is 3. The lowest BCUT2D eigenvalue weighted by Crippen LogP contribution is -2.65. The van der Waals surface area contributed by atoms with Gasteiger partial charge in [-0.2, -0.15) is 0 Å². The predicted octanol–water partition coefficient (Wildman–Crippen LogP) is -1.85. The Labute approximate surface area is 258 Å². The van der Waals surface area contributed by atoms with Gasteiger partial charge in [0, 0.05) is 24.6 Å². The zero-order valence-electron chi connectivity index (χ0n) is 23.9. The Balaban J connectivity index is 1.49. The molecule has 0 radical (unpaired) electrons. The normalized spacial score (nSPS) is 31.5. The Bertz CT molecular complexity index is 1610. The van der Waals surface area contributed by atoms with Crippen molar-refractivity contribution >= 4 is 16.9 Å². The van der Waals surface area contributed by atoms with Crippen LogP contribution in [0.5, 0.6) is 23.0 Å². The summed E-state index contributed by atoms with van der Waals surface area (Å²) in [5.74, 6) is -2.94. The fourth-order valence-corrected chi connectivity index (χ4v) is 5.08. The van der Waals surface area contributed by atoms with Crippen molar-refractivity contribution in [3.63, 3.8) is 0 Å². The predicted molar refractivity (Wildman–Crippen MR) is 149 cm³/mol. The Morgan fingerprint density at radius 3 is 2.15 bits per heavy atom. The Kier molecular flexibility index (Phi) is 9.68. The standard InChI is InChI=1S/C29H32O17/c1-10(31)41-9-18-21(36)23(38)25(40)28(45-18)46-27-24(39)20(35)17(8-30)44-29(27)43-16-7-14(34)19-13(33)6-15(42-26(19)22(16)37)11-2-4-12(32)5-3-11/h2-7,17-18,20-21,23-25,27-30,32,34-40H,8-9H2,1H3/t17-,18-,20-,21-,23-,24+,25-,27-,28-,29-/m1/s1. The molecule has 0 spiro atoms. The molecule has 0 amide bonds. The van der Waals surface area contributed by atoms with E-state index in [1.807, 2.05) is 0 Å². The van der Waals surface area contributed by atoms with Gasteiger partial charge in [0.05, 0.1) is 6.61 Å². The van der Waals surface area contributed by atoms with Crippen LogP contribution in [0.25, 0.3) is 22.3 Å². The molecular weight excluding hydrogens is 620 g/mol. The number of hydrogen-bond acceptors (Lipinski definition) is 17. The maximum absolute atomic E-state index is 12.9. The number of carbonyl (C=O) groups is 1. The average molecular weight is 653 g/mol. The second-order valence-electron chi connectivity index (χ2n) is 10.7. The van der Waals surface area contributed by atoms with E-state index in [1.54, 1.807) is 0 Å². The molecule has 0 aliphatic carbocycles. The first-order chi connectivity index (χ1) is 21.8. The highest BCUT2D eigenvalue weighted by atomic mass is 16.8. The maximum Gasteiger partial charge on any atom is 0.302 e. The van der Waals surface area contributed by atoms with Gasteiger partial charge in [-0.15, -0.1) is 0 Å². The lowest BCUT2D eigenvalue weighted by atomic mass is 9.97. The van der Waals surface area contributed by atoms with Crippen LogP contribution in [0.1, 0.15) is 6.92 Å². The van der Waals surface area contributed by atoms with Gasteiger partial charge in [0.2, 0.25) is 12.0 Å². The van der Waals surface area contributed by atoms with Crippen molar-refractivity contribution in [2.24, 2.45) is 0 Å². The molecule has 0 bridgehead atoms. The zero-order chi connectivity index (χ0) is 33.4. The average Bonchev–Trinajstić information content (AvgIpc) is 3.02. The molecule has 2 aromatic carbocycles. The first-order valence-electron chi connectivity index (χ1n) is 13.9. The summed E-state index contributed by atoms with van der Waals surface area (Å²) in [6.07, 6.45) is -17.7. The largest absolute Gasteiger partial charge is 0.508 e. The second-order valence-corrected chi connectivity index (χ2v) is 10.7. The first-order valence-corrected chi connectivity index (χ1v) is 13.9. The molecule has 0 unspecified atom stereocenters. The van der Waals surface area contributed by atoms with Gasteiger partial charge in [0.15, 0.2) is 29.2 Å². The minimum Gasteiger partial charge on any atom is -0.508 e. The third-order valence-corrected chi connectivity index (χ3v) is 7.55. The monoisotopic (exact) mass is 652 g/mol. The molecule has 9 N–H and O–H groups in total. The first kappa shape index (κ1) is 33.3.